The lowest BCUT2D eigenvalue weighted by molar-refractivity contribution is 0.145. The molecule has 0 amide bonds. The summed E-state index contributed by atoms with van der Waals surface area (Å²) in [6.07, 6.45) is 36.4. The van der Waals surface area contributed by atoms with Crippen LogP contribution in [0, 0.1) is 0 Å². The van der Waals surface area contributed by atoms with Crippen LogP contribution in [0.25, 0.3) is 0 Å². The second-order valence-corrected chi connectivity index (χ2v) is 13.2. The molecule has 40 heavy (non-hydrogen) atoms. The molecule has 0 aliphatic carbocycles. The van der Waals surface area contributed by atoms with E-state index in [1.165, 1.54) is 154 Å². The fourth-order valence-electron chi connectivity index (χ4n) is 4.85. The maximum Gasteiger partial charge on any atom is 0.472 e. The minimum Gasteiger partial charge on any atom is -0.330 e. The quantitative estimate of drug-likeness (QED) is 0.0600. The molecule has 0 saturated heterocycles. The number of nitrogens with two attached hydrogens (primary N) is 1. The molecule has 0 bridgehead atoms. The van der Waals surface area contributed by atoms with Crippen molar-refractivity contribution in [3.63, 3.8) is 0 Å². The van der Waals surface area contributed by atoms with Crippen molar-refractivity contribution < 1.29 is 18.5 Å². The van der Waals surface area contributed by atoms with Gasteiger partial charge in [0.25, 0.3) is 0 Å². The molecule has 0 atom stereocenters. The van der Waals surface area contributed by atoms with Crippen molar-refractivity contribution in [2.45, 2.75) is 201 Å². The second kappa shape index (κ2) is 37.1. The third kappa shape index (κ3) is 40.2. The van der Waals surface area contributed by atoms with Crippen molar-refractivity contribution >= 4 is 7.82 Å². The largest absolute Gasteiger partial charge is 0.472 e. The van der Waals surface area contributed by atoms with Gasteiger partial charge in [0, 0.05) is 0 Å². The SMILES string of the molecule is CCCCCCCCCCCCCCCCCCN.CCCCCCCCOP(=O)(O)OCCCCCCCC. The lowest BCUT2D eigenvalue weighted by atomic mass is 10.0. The summed E-state index contributed by atoms with van der Waals surface area (Å²) < 4.78 is 21.5. The number of phosphoric acid groups is 1. The topological polar surface area (TPSA) is 81.8 Å². The van der Waals surface area contributed by atoms with Gasteiger partial charge in [-0.1, -0.05) is 181 Å². The molecule has 0 aromatic heterocycles. The smallest absolute Gasteiger partial charge is 0.330 e. The molecule has 0 aromatic carbocycles. The lowest BCUT2D eigenvalue weighted by Gasteiger charge is -2.12. The van der Waals surface area contributed by atoms with E-state index >= 15 is 0 Å². The van der Waals surface area contributed by atoms with Gasteiger partial charge in [-0.25, -0.2) is 4.57 Å². The van der Waals surface area contributed by atoms with E-state index in [1.807, 2.05) is 0 Å². The molecule has 244 valence electrons. The molecule has 0 spiro atoms. The van der Waals surface area contributed by atoms with E-state index < -0.39 is 7.82 Å². The Bertz CT molecular complexity index is 455. The molecule has 0 rings (SSSR count). The van der Waals surface area contributed by atoms with Gasteiger partial charge < -0.3 is 10.6 Å². The van der Waals surface area contributed by atoms with Gasteiger partial charge in [0.05, 0.1) is 13.2 Å². The van der Waals surface area contributed by atoms with Gasteiger partial charge in [-0.3, -0.25) is 9.05 Å². The van der Waals surface area contributed by atoms with E-state index in [1.54, 1.807) is 0 Å². The van der Waals surface area contributed by atoms with Crippen LogP contribution in [0.5, 0.6) is 0 Å². The molecule has 3 N–H and O–H groups in total. The Kier molecular flexibility index (Phi) is 39.1. The Hall–Kier alpha value is 0.0700. The zero-order valence-corrected chi connectivity index (χ0v) is 28.5. The van der Waals surface area contributed by atoms with Crippen molar-refractivity contribution in [3.8, 4) is 0 Å². The molecule has 0 radical (unpaired) electrons. The van der Waals surface area contributed by atoms with E-state index in [0.29, 0.717) is 13.2 Å². The monoisotopic (exact) mass is 592 g/mol. The third-order valence-electron chi connectivity index (χ3n) is 7.56. The average molecular weight is 592 g/mol. The van der Waals surface area contributed by atoms with Gasteiger partial charge in [0.1, 0.15) is 0 Å². The van der Waals surface area contributed by atoms with Crippen molar-refractivity contribution in [1.82, 2.24) is 0 Å². The van der Waals surface area contributed by atoms with Gasteiger partial charge in [0.2, 0.25) is 0 Å². The number of hydrogen-bond donors (Lipinski definition) is 2. The van der Waals surface area contributed by atoms with Crippen molar-refractivity contribution in [1.29, 1.82) is 0 Å². The molecule has 0 aliphatic rings. The first-order chi connectivity index (χ1) is 19.5. The highest BCUT2D eigenvalue weighted by Gasteiger charge is 2.19. The summed E-state index contributed by atoms with van der Waals surface area (Å²) in [5, 5.41) is 0. The van der Waals surface area contributed by atoms with E-state index in [-0.39, 0.29) is 0 Å². The van der Waals surface area contributed by atoms with Gasteiger partial charge in [-0.05, 0) is 25.8 Å². The highest BCUT2D eigenvalue weighted by atomic mass is 31.2. The van der Waals surface area contributed by atoms with Gasteiger partial charge in [0.15, 0.2) is 0 Å². The normalized spacial score (nSPS) is 11.5. The molecule has 0 unspecified atom stereocenters. The van der Waals surface area contributed by atoms with Gasteiger partial charge in [-0.15, -0.1) is 0 Å². The van der Waals surface area contributed by atoms with Gasteiger partial charge in [-0.2, -0.15) is 0 Å². The van der Waals surface area contributed by atoms with Gasteiger partial charge >= 0.3 is 7.82 Å². The van der Waals surface area contributed by atoms with E-state index in [4.69, 9.17) is 14.8 Å². The lowest BCUT2D eigenvalue weighted by Crippen LogP contribution is -1.99. The van der Waals surface area contributed by atoms with Crippen molar-refractivity contribution in [3.05, 3.63) is 0 Å². The zero-order chi connectivity index (χ0) is 29.8. The molecule has 0 heterocycles. The summed E-state index contributed by atoms with van der Waals surface area (Å²) in [6.45, 7) is 8.17. The Morgan fingerprint density at radius 1 is 0.425 bits per heavy atom. The summed E-state index contributed by atoms with van der Waals surface area (Å²) >= 11 is 0. The molecule has 0 saturated carbocycles. The minimum absolute atomic E-state index is 0.316. The molecule has 0 fully saturated rings. The molecule has 0 aliphatic heterocycles. The first-order valence-electron chi connectivity index (χ1n) is 17.9. The van der Waals surface area contributed by atoms with E-state index in [9.17, 15) is 9.46 Å². The van der Waals surface area contributed by atoms with E-state index in [0.717, 1.165) is 32.2 Å². The van der Waals surface area contributed by atoms with Crippen LogP contribution in [-0.4, -0.2) is 24.7 Å². The predicted molar refractivity (Wildman–Crippen MR) is 177 cm³/mol. The molecule has 5 nitrogen and oxygen atoms in total. The van der Waals surface area contributed by atoms with Crippen LogP contribution < -0.4 is 5.73 Å². The highest BCUT2D eigenvalue weighted by Crippen LogP contribution is 2.43. The maximum atomic E-state index is 11.6. The molecular weight excluding hydrogens is 517 g/mol. The fourth-order valence-corrected chi connectivity index (χ4v) is 5.65. The number of phosphoric ester groups is 1. The van der Waals surface area contributed by atoms with Crippen molar-refractivity contribution in [2.75, 3.05) is 19.8 Å². The molecule has 6 heteroatoms. The number of rotatable bonds is 32. The summed E-state index contributed by atoms with van der Waals surface area (Å²) in [4.78, 5) is 9.51. The highest BCUT2D eigenvalue weighted by molar-refractivity contribution is 7.47. The Balaban J connectivity index is 0. The fraction of sp³-hybridized carbons (Fsp3) is 1.00. The standard InChI is InChI=1S/C18H39N.C16H35O4P/c1-2-3-4-5-6-7-8-9-10-11-12-13-14-15-16-17-18-19;1-3-5-7-9-11-13-15-19-21(17,18)20-16-14-12-10-8-6-4-2/h2-19H2,1H3;3-16H2,1-2H3,(H,17,18). The van der Waals surface area contributed by atoms with Crippen molar-refractivity contribution in [2.24, 2.45) is 5.73 Å². The summed E-state index contributed by atoms with van der Waals surface area (Å²) in [6, 6.07) is 0. The van der Waals surface area contributed by atoms with Crippen LogP contribution in [0.3, 0.4) is 0 Å². The summed E-state index contributed by atoms with van der Waals surface area (Å²) in [7, 11) is -3.82. The number of hydrogen-bond acceptors (Lipinski definition) is 4. The van der Waals surface area contributed by atoms with E-state index in [2.05, 4.69) is 20.8 Å². The predicted octanol–water partition coefficient (Wildman–Crippen LogP) is 12.0. The Morgan fingerprint density at radius 2 is 0.650 bits per heavy atom. The van der Waals surface area contributed by atoms with Crippen LogP contribution in [-0.2, 0) is 13.6 Å². The first-order valence-corrected chi connectivity index (χ1v) is 19.4. The van der Waals surface area contributed by atoms with Crippen LogP contribution in [0.4, 0.5) is 0 Å². The summed E-state index contributed by atoms with van der Waals surface area (Å²) in [5.41, 5.74) is 5.48. The molecular formula is C34H74NO4P. The average Bonchev–Trinajstić information content (AvgIpc) is 2.94. The third-order valence-corrected chi connectivity index (χ3v) is 8.58. The van der Waals surface area contributed by atoms with Crippen LogP contribution >= 0.6 is 7.82 Å². The van der Waals surface area contributed by atoms with Crippen LogP contribution in [0.15, 0.2) is 0 Å². The first kappa shape index (κ1) is 42.2. The number of unbranched alkanes of at least 4 members (excludes halogenated alkanes) is 25. The zero-order valence-electron chi connectivity index (χ0n) is 27.6. The Morgan fingerprint density at radius 3 is 0.900 bits per heavy atom. The minimum atomic E-state index is -3.82. The van der Waals surface area contributed by atoms with Crippen LogP contribution in [0.2, 0.25) is 0 Å². The Labute approximate surface area is 252 Å². The maximum absolute atomic E-state index is 11.6. The summed E-state index contributed by atoms with van der Waals surface area (Å²) in [5.74, 6) is 0. The second-order valence-electron chi connectivity index (χ2n) is 11.8. The van der Waals surface area contributed by atoms with Crippen LogP contribution in [0.1, 0.15) is 201 Å². The molecule has 0 aromatic rings.